The topological polar surface area (TPSA) is 96.9 Å². The predicted octanol–water partition coefficient (Wildman–Crippen LogP) is 4.77. The van der Waals surface area contributed by atoms with Crippen molar-refractivity contribution in [1.82, 2.24) is 14.5 Å². The number of nitrogens with zero attached hydrogens (tertiary/aromatic N) is 5. The number of aromatic nitrogens is 3. The van der Waals surface area contributed by atoms with Gasteiger partial charge in [0.05, 0.1) is 36.2 Å². The molecule has 4 aromatic rings. The van der Waals surface area contributed by atoms with Crippen LogP contribution in [0.3, 0.4) is 0 Å². The van der Waals surface area contributed by atoms with Crippen molar-refractivity contribution in [2.45, 2.75) is 50.9 Å². The van der Waals surface area contributed by atoms with Crippen molar-refractivity contribution in [2.24, 2.45) is 5.41 Å². The lowest BCUT2D eigenvalue weighted by Crippen LogP contribution is -2.36. The van der Waals surface area contributed by atoms with Crippen molar-refractivity contribution in [3.8, 4) is 5.88 Å². The lowest BCUT2D eigenvalue weighted by molar-refractivity contribution is -0.255. The standard InChI is InChI=1S/C32H29F2N5O4/c1-35-21-4-2-20(25(34)15-21)18-43-28-7-5-24(33)30(37-28)38-11-9-32(10-12-38)16-23(32)29-36-26-6-3-19(31(40)41)14-27(26)39(29)17-22-8-13-42-22/h2-7,14-15,22-23H,8-13,16-18H2,(H,40,41)/p-1/t22-,23?/m0/s1. The van der Waals surface area contributed by atoms with Crippen LogP contribution in [0.2, 0.25) is 0 Å². The van der Waals surface area contributed by atoms with Gasteiger partial charge in [0, 0.05) is 37.2 Å². The Balaban J connectivity index is 1.06. The fraction of sp³-hybridized carbons (Fsp3) is 0.375. The molecule has 0 N–H and O–H groups in total. The van der Waals surface area contributed by atoms with E-state index in [0.29, 0.717) is 19.6 Å². The van der Waals surface area contributed by atoms with Crippen LogP contribution >= 0.6 is 0 Å². The molecule has 43 heavy (non-hydrogen) atoms. The van der Waals surface area contributed by atoms with Gasteiger partial charge in [-0.3, -0.25) is 0 Å². The van der Waals surface area contributed by atoms with Crippen LogP contribution in [-0.2, 0) is 17.9 Å². The van der Waals surface area contributed by atoms with Crippen molar-refractivity contribution in [3.63, 3.8) is 0 Å². The van der Waals surface area contributed by atoms with Crippen LogP contribution < -0.4 is 14.7 Å². The average molecular weight is 585 g/mol. The van der Waals surface area contributed by atoms with Gasteiger partial charge in [0.25, 0.3) is 0 Å². The van der Waals surface area contributed by atoms with Crippen molar-refractivity contribution in [1.29, 1.82) is 0 Å². The Morgan fingerprint density at radius 3 is 2.63 bits per heavy atom. The smallest absolute Gasteiger partial charge is 0.215 e. The van der Waals surface area contributed by atoms with Gasteiger partial charge in [-0.05, 0) is 60.9 Å². The molecular weight excluding hydrogens is 556 g/mol. The molecule has 1 saturated carbocycles. The second-order valence-corrected chi connectivity index (χ2v) is 11.6. The van der Waals surface area contributed by atoms with E-state index in [9.17, 15) is 18.7 Å². The van der Waals surface area contributed by atoms with Gasteiger partial charge in [0.1, 0.15) is 18.2 Å². The number of carboxylic acid groups (broad SMARTS) is 1. The molecular formula is C32H28F2N5O4-. The third-order valence-corrected chi connectivity index (χ3v) is 9.10. The number of hydrogen-bond donors (Lipinski definition) is 0. The zero-order chi connectivity index (χ0) is 29.7. The first kappa shape index (κ1) is 27.3. The van der Waals surface area contributed by atoms with Gasteiger partial charge in [-0.1, -0.05) is 18.2 Å². The summed E-state index contributed by atoms with van der Waals surface area (Å²) >= 11 is 0. The molecule has 2 aromatic carbocycles. The highest BCUT2D eigenvalue weighted by atomic mass is 19.1. The van der Waals surface area contributed by atoms with Crippen LogP contribution in [0.1, 0.15) is 53.3 Å². The zero-order valence-corrected chi connectivity index (χ0v) is 23.3. The number of carbonyl (C=O) groups excluding carboxylic acids is 1. The Kier molecular flexibility index (Phi) is 6.73. The molecule has 3 aliphatic rings. The molecule has 1 unspecified atom stereocenters. The van der Waals surface area contributed by atoms with Crippen molar-refractivity contribution in [2.75, 3.05) is 24.6 Å². The molecule has 1 spiro atoms. The van der Waals surface area contributed by atoms with E-state index >= 15 is 0 Å². The molecule has 9 nitrogen and oxygen atoms in total. The van der Waals surface area contributed by atoms with Gasteiger partial charge in [0.15, 0.2) is 17.3 Å². The summed E-state index contributed by atoms with van der Waals surface area (Å²) in [7, 11) is 0. The number of benzene rings is 2. The summed E-state index contributed by atoms with van der Waals surface area (Å²) in [4.78, 5) is 26.0. The van der Waals surface area contributed by atoms with E-state index in [2.05, 4.69) is 14.4 Å². The Hall–Kier alpha value is -4.56. The van der Waals surface area contributed by atoms with E-state index in [1.165, 1.54) is 30.3 Å². The van der Waals surface area contributed by atoms with E-state index in [-0.39, 0.29) is 52.6 Å². The molecule has 0 radical (unpaired) electrons. The van der Waals surface area contributed by atoms with E-state index in [0.717, 1.165) is 55.2 Å². The molecule has 7 rings (SSSR count). The van der Waals surface area contributed by atoms with E-state index in [1.54, 1.807) is 12.1 Å². The fourth-order valence-electron chi connectivity index (χ4n) is 6.38. The summed E-state index contributed by atoms with van der Waals surface area (Å²) in [5.74, 6) is -0.645. The first-order valence-electron chi connectivity index (χ1n) is 14.4. The first-order chi connectivity index (χ1) is 20.8. The number of pyridine rings is 1. The van der Waals surface area contributed by atoms with Crippen LogP contribution in [0.15, 0.2) is 48.5 Å². The zero-order valence-electron chi connectivity index (χ0n) is 23.3. The molecule has 0 amide bonds. The van der Waals surface area contributed by atoms with E-state index in [4.69, 9.17) is 21.0 Å². The second-order valence-electron chi connectivity index (χ2n) is 11.6. The number of ether oxygens (including phenoxy) is 2. The maximum atomic E-state index is 14.9. The SMILES string of the molecule is [C-]#[N+]c1ccc(COc2ccc(F)c(N3CCC4(CC3)CC4c3nc4ccc(C(=O)[O-])cc4n3C[C@@H]3CCO3)n2)c(F)c1. The molecule has 11 heteroatoms. The first-order valence-corrected chi connectivity index (χ1v) is 14.4. The van der Waals surface area contributed by atoms with Gasteiger partial charge in [0.2, 0.25) is 5.88 Å². The van der Waals surface area contributed by atoms with Crippen LogP contribution in [0, 0.1) is 23.6 Å². The molecule has 2 atom stereocenters. The summed E-state index contributed by atoms with van der Waals surface area (Å²) in [5.41, 5.74) is 2.18. The molecule has 2 saturated heterocycles. The highest BCUT2D eigenvalue weighted by molar-refractivity contribution is 5.91. The monoisotopic (exact) mass is 584 g/mol. The summed E-state index contributed by atoms with van der Waals surface area (Å²) in [6.07, 6.45) is 3.65. The second kappa shape index (κ2) is 10.6. The summed E-state index contributed by atoms with van der Waals surface area (Å²) in [5, 5.41) is 11.5. The maximum absolute atomic E-state index is 14.9. The van der Waals surface area contributed by atoms with E-state index in [1.807, 2.05) is 4.90 Å². The predicted molar refractivity (Wildman–Crippen MR) is 151 cm³/mol. The molecule has 2 aliphatic heterocycles. The number of imidazole rings is 1. The van der Waals surface area contributed by atoms with Crippen LogP contribution in [0.4, 0.5) is 20.3 Å². The number of carboxylic acids is 1. The Labute approximate surface area is 246 Å². The lowest BCUT2D eigenvalue weighted by Gasteiger charge is -2.34. The normalized spacial score (nSPS) is 20.5. The highest BCUT2D eigenvalue weighted by Gasteiger charge is 2.57. The third-order valence-electron chi connectivity index (χ3n) is 9.10. The number of aromatic carboxylic acids is 1. The third kappa shape index (κ3) is 5.06. The van der Waals surface area contributed by atoms with Crippen molar-refractivity contribution in [3.05, 3.63) is 88.5 Å². The van der Waals surface area contributed by atoms with Gasteiger partial charge >= 0.3 is 0 Å². The maximum Gasteiger partial charge on any atom is 0.215 e. The molecule has 2 aromatic heterocycles. The van der Waals surface area contributed by atoms with Crippen LogP contribution in [0.5, 0.6) is 5.88 Å². The van der Waals surface area contributed by atoms with Gasteiger partial charge in [-0.25, -0.2) is 18.6 Å². The molecule has 220 valence electrons. The number of anilines is 1. The lowest BCUT2D eigenvalue weighted by atomic mass is 9.90. The fourth-order valence-corrected chi connectivity index (χ4v) is 6.38. The van der Waals surface area contributed by atoms with Crippen molar-refractivity contribution < 1.29 is 28.2 Å². The minimum absolute atomic E-state index is 0.0346. The van der Waals surface area contributed by atoms with Gasteiger partial charge < -0.3 is 28.8 Å². The quantitative estimate of drug-likeness (QED) is 0.276. The number of fused-ring (bicyclic) bond motifs is 1. The Morgan fingerprint density at radius 1 is 1.12 bits per heavy atom. The van der Waals surface area contributed by atoms with Crippen LogP contribution in [-0.4, -0.2) is 46.3 Å². The minimum atomic E-state index is -1.22. The molecule has 1 aliphatic carbocycles. The number of piperidine rings is 1. The number of halogens is 2. The molecule has 4 heterocycles. The average Bonchev–Trinajstić information content (AvgIpc) is 3.55. The van der Waals surface area contributed by atoms with Gasteiger partial charge in [-0.2, -0.15) is 4.98 Å². The molecule has 3 fully saturated rings. The molecule has 0 bridgehead atoms. The Morgan fingerprint density at radius 2 is 1.93 bits per heavy atom. The Bertz CT molecular complexity index is 1770. The largest absolute Gasteiger partial charge is 0.545 e. The number of hydrogen-bond acceptors (Lipinski definition) is 7. The van der Waals surface area contributed by atoms with Crippen molar-refractivity contribution >= 4 is 28.5 Å². The van der Waals surface area contributed by atoms with Crippen LogP contribution in [0.25, 0.3) is 15.9 Å². The van der Waals surface area contributed by atoms with Gasteiger partial charge in [-0.15, -0.1) is 0 Å². The summed E-state index contributed by atoms with van der Waals surface area (Å²) in [6.45, 7) is 9.48. The van der Waals surface area contributed by atoms with E-state index < -0.39 is 17.6 Å². The minimum Gasteiger partial charge on any atom is -0.545 e. The number of rotatable bonds is 8. The summed E-state index contributed by atoms with van der Waals surface area (Å²) < 4.78 is 42.7. The summed E-state index contributed by atoms with van der Waals surface area (Å²) in [6, 6.07) is 11.8. The number of carbonyl (C=O) groups is 1. The highest BCUT2D eigenvalue weighted by Crippen LogP contribution is 2.65.